The van der Waals surface area contributed by atoms with E-state index in [1.54, 1.807) is 43.3 Å². The minimum Gasteiger partial charge on any atom is -0.491 e. The lowest BCUT2D eigenvalue weighted by Crippen LogP contribution is -2.37. The van der Waals surface area contributed by atoms with Crippen LogP contribution in [0.15, 0.2) is 42.6 Å². The van der Waals surface area contributed by atoms with Crippen LogP contribution in [-0.4, -0.2) is 28.6 Å². The number of nitrogens with zero attached hydrogens (tertiary/aromatic N) is 1. The van der Waals surface area contributed by atoms with E-state index in [-0.39, 0.29) is 5.69 Å². The summed E-state index contributed by atoms with van der Waals surface area (Å²) in [7, 11) is 0. The van der Waals surface area contributed by atoms with E-state index < -0.39 is 18.1 Å². The van der Waals surface area contributed by atoms with Gasteiger partial charge >= 0.3 is 0 Å². The first-order chi connectivity index (χ1) is 11.0. The van der Waals surface area contributed by atoms with Crippen molar-refractivity contribution in [3.05, 3.63) is 58.9 Å². The molecule has 0 aliphatic heterocycles. The SMILES string of the molecule is CCOc1cccnc1C(=O)NC(C)C(O)c1ccc(Cl)cc1. The molecule has 2 rings (SSSR count). The van der Waals surface area contributed by atoms with E-state index in [1.165, 1.54) is 6.20 Å². The Balaban J connectivity index is 2.09. The van der Waals surface area contributed by atoms with Crippen molar-refractivity contribution in [1.82, 2.24) is 10.3 Å². The van der Waals surface area contributed by atoms with Crippen LogP contribution < -0.4 is 10.1 Å². The average molecular weight is 335 g/mol. The van der Waals surface area contributed by atoms with E-state index in [2.05, 4.69) is 10.3 Å². The molecular weight excluding hydrogens is 316 g/mol. The fourth-order valence-electron chi connectivity index (χ4n) is 2.14. The van der Waals surface area contributed by atoms with Gasteiger partial charge < -0.3 is 15.2 Å². The van der Waals surface area contributed by atoms with E-state index in [4.69, 9.17) is 16.3 Å². The normalized spacial score (nSPS) is 13.2. The van der Waals surface area contributed by atoms with Crippen molar-refractivity contribution in [3.8, 4) is 5.75 Å². The third-order valence-electron chi connectivity index (χ3n) is 3.33. The molecule has 122 valence electrons. The zero-order valence-corrected chi connectivity index (χ0v) is 13.7. The van der Waals surface area contributed by atoms with Gasteiger partial charge in [0.2, 0.25) is 0 Å². The van der Waals surface area contributed by atoms with Crippen LogP contribution in [0.1, 0.15) is 36.0 Å². The van der Waals surface area contributed by atoms with Crippen LogP contribution in [0.3, 0.4) is 0 Å². The third kappa shape index (κ3) is 4.43. The first-order valence-corrected chi connectivity index (χ1v) is 7.73. The molecule has 0 fully saturated rings. The number of carbonyl (C=O) groups is 1. The monoisotopic (exact) mass is 334 g/mol. The third-order valence-corrected chi connectivity index (χ3v) is 3.58. The number of hydrogen-bond acceptors (Lipinski definition) is 4. The summed E-state index contributed by atoms with van der Waals surface area (Å²) in [5.74, 6) is 0.0234. The fourth-order valence-corrected chi connectivity index (χ4v) is 2.26. The minimum absolute atomic E-state index is 0.199. The van der Waals surface area contributed by atoms with Gasteiger partial charge in [0.05, 0.1) is 18.8 Å². The summed E-state index contributed by atoms with van der Waals surface area (Å²) in [5, 5.41) is 13.7. The van der Waals surface area contributed by atoms with Crippen molar-refractivity contribution < 1.29 is 14.6 Å². The number of rotatable bonds is 6. The van der Waals surface area contributed by atoms with Gasteiger partial charge in [-0.15, -0.1) is 0 Å². The topological polar surface area (TPSA) is 71.5 Å². The van der Waals surface area contributed by atoms with E-state index in [0.29, 0.717) is 22.9 Å². The van der Waals surface area contributed by atoms with Crippen molar-refractivity contribution in [2.24, 2.45) is 0 Å². The molecule has 1 aromatic carbocycles. The Bertz CT molecular complexity index is 661. The van der Waals surface area contributed by atoms with Crippen molar-refractivity contribution >= 4 is 17.5 Å². The van der Waals surface area contributed by atoms with Crippen molar-refractivity contribution in [3.63, 3.8) is 0 Å². The number of ether oxygens (including phenoxy) is 1. The van der Waals surface area contributed by atoms with Crippen LogP contribution in [0.5, 0.6) is 5.75 Å². The highest BCUT2D eigenvalue weighted by molar-refractivity contribution is 6.30. The summed E-state index contributed by atoms with van der Waals surface area (Å²) in [4.78, 5) is 16.4. The van der Waals surface area contributed by atoms with Crippen molar-refractivity contribution in [2.45, 2.75) is 26.0 Å². The molecule has 1 aromatic heterocycles. The van der Waals surface area contributed by atoms with Crippen LogP contribution in [0.4, 0.5) is 0 Å². The number of nitrogens with one attached hydrogen (secondary N) is 1. The van der Waals surface area contributed by atoms with Crippen molar-refractivity contribution in [2.75, 3.05) is 6.61 Å². The summed E-state index contributed by atoms with van der Waals surface area (Å²) in [6.45, 7) is 4.00. The molecule has 0 spiro atoms. The van der Waals surface area contributed by atoms with Gasteiger partial charge in [0, 0.05) is 11.2 Å². The van der Waals surface area contributed by atoms with Gasteiger partial charge in [0.15, 0.2) is 11.4 Å². The highest BCUT2D eigenvalue weighted by Crippen LogP contribution is 2.20. The first kappa shape index (κ1) is 17.2. The van der Waals surface area contributed by atoms with E-state index in [1.807, 2.05) is 6.92 Å². The Morgan fingerprint density at radius 2 is 2.04 bits per heavy atom. The van der Waals surface area contributed by atoms with Crippen LogP contribution in [0.2, 0.25) is 5.02 Å². The summed E-state index contributed by atoms with van der Waals surface area (Å²) < 4.78 is 5.40. The minimum atomic E-state index is -0.851. The molecule has 23 heavy (non-hydrogen) atoms. The zero-order chi connectivity index (χ0) is 16.8. The number of hydrogen-bond donors (Lipinski definition) is 2. The number of benzene rings is 1. The smallest absolute Gasteiger partial charge is 0.274 e. The van der Waals surface area contributed by atoms with Gasteiger partial charge in [-0.2, -0.15) is 0 Å². The van der Waals surface area contributed by atoms with Crippen LogP contribution in [0, 0.1) is 0 Å². The summed E-state index contributed by atoms with van der Waals surface area (Å²) in [6.07, 6.45) is 0.674. The molecule has 2 atom stereocenters. The molecule has 0 saturated heterocycles. The molecule has 5 nitrogen and oxygen atoms in total. The van der Waals surface area contributed by atoms with Crippen LogP contribution in [0.25, 0.3) is 0 Å². The van der Waals surface area contributed by atoms with Gasteiger partial charge in [-0.3, -0.25) is 4.79 Å². The second kappa shape index (κ2) is 7.94. The summed E-state index contributed by atoms with van der Waals surface area (Å²) in [5.41, 5.74) is 0.873. The van der Waals surface area contributed by atoms with Gasteiger partial charge in [-0.1, -0.05) is 23.7 Å². The molecule has 2 N–H and O–H groups in total. The van der Waals surface area contributed by atoms with E-state index in [0.717, 1.165) is 0 Å². The van der Waals surface area contributed by atoms with Gasteiger partial charge in [0.1, 0.15) is 0 Å². The number of aliphatic hydroxyl groups excluding tert-OH is 1. The lowest BCUT2D eigenvalue weighted by molar-refractivity contribution is 0.0843. The molecule has 0 bridgehead atoms. The molecule has 6 heteroatoms. The summed E-state index contributed by atoms with van der Waals surface area (Å²) in [6, 6.07) is 9.73. The maximum Gasteiger partial charge on any atom is 0.274 e. The average Bonchev–Trinajstić information content (AvgIpc) is 2.55. The molecule has 0 saturated carbocycles. The van der Waals surface area contributed by atoms with Gasteiger partial charge in [-0.25, -0.2) is 4.98 Å². The lowest BCUT2D eigenvalue weighted by atomic mass is 10.0. The molecule has 0 aliphatic rings. The van der Waals surface area contributed by atoms with Crippen LogP contribution in [-0.2, 0) is 0 Å². The van der Waals surface area contributed by atoms with Crippen LogP contribution >= 0.6 is 11.6 Å². The largest absolute Gasteiger partial charge is 0.491 e. The number of aliphatic hydroxyl groups is 1. The maximum atomic E-state index is 12.4. The number of pyridine rings is 1. The zero-order valence-electron chi connectivity index (χ0n) is 13.0. The second-order valence-corrected chi connectivity index (χ2v) is 5.48. The molecule has 2 aromatic rings. The highest BCUT2D eigenvalue weighted by Gasteiger charge is 2.21. The Morgan fingerprint density at radius 1 is 1.35 bits per heavy atom. The highest BCUT2D eigenvalue weighted by atomic mass is 35.5. The Labute approximate surface area is 140 Å². The first-order valence-electron chi connectivity index (χ1n) is 7.35. The molecule has 1 amide bonds. The lowest BCUT2D eigenvalue weighted by Gasteiger charge is -2.21. The molecule has 0 aliphatic carbocycles. The molecule has 0 radical (unpaired) electrons. The number of carbonyl (C=O) groups excluding carboxylic acids is 1. The summed E-state index contributed by atoms with van der Waals surface area (Å²) >= 11 is 5.83. The molecule has 1 heterocycles. The Hall–Kier alpha value is -2.11. The predicted octanol–water partition coefficient (Wildman–Crippen LogP) is 2.99. The van der Waals surface area contributed by atoms with Gasteiger partial charge in [0.25, 0.3) is 5.91 Å². The van der Waals surface area contributed by atoms with Crippen molar-refractivity contribution in [1.29, 1.82) is 0 Å². The van der Waals surface area contributed by atoms with E-state index in [9.17, 15) is 9.90 Å². The molecular formula is C17H19ClN2O3. The van der Waals surface area contributed by atoms with Gasteiger partial charge in [-0.05, 0) is 43.7 Å². The standard InChI is InChI=1S/C17H19ClN2O3/c1-3-23-14-5-4-10-19-15(14)17(22)20-11(2)16(21)12-6-8-13(18)9-7-12/h4-11,16,21H,3H2,1-2H3,(H,20,22). The second-order valence-electron chi connectivity index (χ2n) is 5.04. The number of amides is 1. The Kier molecular flexibility index (Phi) is 5.96. The maximum absolute atomic E-state index is 12.4. The number of aromatic nitrogens is 1. The quantitative estimate of drug-likeness (QED) is 0.852. The molecule has 2 unspecified atom stereocenters. The fraction of sp³-hybridized carbons (Fsp3) is 0.294. The number of halogens is 1. The Morgan fingerprint density at radius 3 is 2.70 bits per heavy atom. The predicted molar refractivity (Wildman–Crippen MR) is 88.7 cm³/mol. The van der Waals surface area contributed by atoms with E-state index >= 15 is 0 Å².